The van der Waals surface area contributed by atoms with Crippen molar-refractivity contribution in [3.63, 3.8) is 0 Å². The van der Waals surface area contributed by atoms with Crippen LogP contribution < -0.4 is 17.0 Å². The summed E-state index contributed by atoms with van der Waals surface area (Å²) in [5, 5.41) is -0.154. The van der Waals surface area contributed by atoms with Crippen LogP contribution in [0.25, 0.3) is 11.1 Å². The maximum atomic E-state index is 12.9. The lowest BCUT2D eigenvalue weighted by Crippen LogP contribution is -2.45. The van der Waals surface area contributed by atoms with E-state index in [1.165, 1.54) is 4.57 Å². The highest BCUT2D eigenvalue weighted by atomic mass is 35.5. The number of hydrogen-bond acceptors (Lipinski definition) is 5. The molecule has 136 valence electrons. The Kier molecular flexibility index (Phi) is 5.87. The maximum absolute atomic E-state index is 12.9. The molecular weight excluding hydrogens is 366 g/mol. The third-order valence-corrected chi connectivity index (χ3v) is 5.96. The topological polar surface area (TPSA) is 104 Å². The molecule has 9 heteroatoms. The number of nitrogens with two attached hydrogens (primary N) is 1. The van der Waals surface area contributed by atoms with Gasteiger partial charge in [0.25, 0.3) is 5.56 Å². The molecule has 2 aromatic rings. The molecule has 0 bridgehead atoms. The lowest BCUT2D eigenvalue weighted by atomic mass is 10.1. The van der Waals surface area contributed by atoms with Crippen molar-refractivity contribution in [2.45, 2.75) is 31.0 Å². The molecule has 3 rings (SSSR count). The molecule has 0 unspecified atom stereocenters. The zero-order chi connectivity index (χ0) is 17.3. The van der Waals surface area contributed by atoms with Gasteiger partial charge >= 0.3 is 5.69 Å². The van der Waals surface area contributed by atoms with Crippen molar-refractivity contribution in [1.82, 2.24) is 9.13 Å². The minimum absolute atomic E-state index is 0. The van der Waals surface area contributed by atoms with E-state index in [0.717, 1.165) is 4.57 Å². The van der Waals surface area contributed by atoms with Crippen molar-refractivity contribution in [1.29, 1.82) is 0 Å². The Bertz CT molecular complexity index is 981. The Hall–Kier alpha value is -1.90. The summed E-state index contributed by atoms with van der Waals surface area (Å²) < 4.78 is 27.5. The van der Waals surface area contributed by atoms with E-state index in [2.05, 4.69) is 0 Å². The summed E-state index contributed by atoms with van der Waals surface area (Å²) in [6.45, 7) is 0.803. The lowest BCUT2D eigenvalue weighted by Gasteiger charge is -2.23. The predicted octanol–water partition coefficient (Wildman–Crippen LogP) is 0.625. The summed E-state index contributed by atoms with van der Waals surface area (Å²) in [6, 6.07) is 8.61. The summed E-state index contributed by atoms with van der Waals surface area (Å²) in [6.07, 6.45) is 0.827. The van der Waals surface area contributed by atoms with Crippen LogP contribution in [0.4, 0.5) is 0 Å². The molecule has 0 saturated carbocycles. The highest BCUT2D eigenvalue weighted by Gasteiger charge is 2.32. The zero-order valence-electron chi connectivity index (χ0n) is 13.6. The molecule has 2 heterocycles. The third-order valence-electron chi connectivity index (χ3n) is 4.12. The summed E-state index contributed by atoms with van der Waals surface area (Å²) >= 11 is 0. The fourth-order valence-corrected chi connectivity index (χ4v) is 4.73. The van der Waals surface area contributed by atoms with Crippen molar-refractivity contribution in [2.75, 3.05) is 12.3 Å². The molecular formula is C16H20ClN3O4S. The number of rotatable bonds is 4. The molecule has 7 nitrogen and oxygen atoms in total. The van der Waals surface area contributed by atoms with Gasteiger partial charge < -0.3 is 5.73 Å². The van der Waals surface area contributed by atoms with Crippen molar-refractivity contribution in [3.05, 3.63) is 51.2 Å². The van der Waals surface area contributed by atoms with Gasteiger partial charge in [-0.15, -0.1) is 12.4 Å². The molecule has 0 amide bonds. The number of hydrogen-bond donors (Lipinski definition) is 1. The Labute approximate surface area is 151 Å². The first kappa shape index (κ1) is 19.4. The quantitative estimate of drug-likeness (QED) is 0.777. The molecule has 0 spiro atoms. The van der Waals surface area contributed by atoms with Crippen LogP contribution in [0.2, 0.25) is 0 Å². The summed E-state index contributed by atoms with van der Waals surface area (Å²) in [4.78, 5) is 25.5. The molecule has 25 heavy (non-hydrogen) atoms. The average Bonchev–Trinajstić information content (AvgIpc) is 2.56. The SMILES string of the molecule is Cl.NCCCn1c(=O)c(-c2ccccc2)c2n(c1=O)CCCS2(=O)=O. The van der Waals surface area contributed by atoms with Crippen LogP contribution in [0.15, 0.2) is 44.9 Å². The summed E-state index contributed by atoms with van der Waals surface area (Å²) in [5.41, 5.74) is 4.91. The summed E-state index contributed by atoms with van der Waals surface area (Å²) in [5.74, 6) is -0.0570. The molecule has 0 saturated heterocycles. The monoisotopic (exact) mass is 385 g/mol. The molecule has 1 aliphatic heterocycles. The van der Waals surface area contributed by atoms with Gasteiger partial charge in [0.1, 0.15) is 0 Å². The lowest BCUT2D eigenvalue weighted by molar-refractivity contribution is 0.476. The van der Waals surface area contributed by atoms with E-state index in [4.69, 9.17) is 5.73 Å². The number of aromatic nitrogens is 2. The van der Waals surface area contributed by atoms with Crippen molar-refractivity contribution < 1.29 is 8.42 Å². The van der Waals surface area contributed by atoms with E-state index in [1.807, 2.05) is 0 Å². The van der Waals surface area contributed by atoms with Crippen LogP contribution in [0.5, 0.6) is 0 Å². The number of halogens is 1. The van der Waals surface area contributed by atoms with Crippen molar-refractivity contribution in [2.24, 2.45) is 5.73 Å². The molecule has 0 aliphatic carbocycles. The second-order valence-electron chi connectivity index (χ2n) is 5.75. The molecule has 0 atom stereocenters. The van der Waals surface area contributed by atoms with Gasteiger partial charge in [-0.25, -0.2) is 13.2 Å². The van der Waals surface area contributed by atoms with Gasteiger partial charge in [0.15, 0.2) is 14.9 Å². The third kappa shape index (κ3) is 3.42. The first-order valence-corrected chi connectivity index (χ1v) is 9.48. The van der Waals surface area contributed by atoms with Gasteiger partial charge in [0.05, 0.1) is 11.3 Å². The van der Waals surface area contributed by atoms with Gasteiger partial charge in [0.2, 0.25) is 0 Å². The van der Waals surface area contributed by atoms with Crippen molar-refractivity contribution >= 4 is 22.2 Å². The van der Waals surface area contributed by atoms with Gasteiger partial charge in [-0.2, -0.15) is 0 Å². The van der Waals surface area contributed by atoms with Crippen LogP contribution in [0.1, 0.15) is 12.8 Å². The number of sulfone groups is 1. The predicted molar refractivity (Wildman–Crippen MR) is 98.0 cm³/mol. The van der Waals surface area contributed by atoms with Crippen LogP contribution >= 0.6 is 12.4 Å². The highest BCUT2D eigenvalue weighted by Crippen LogP contribution is 2.27. The zero-order valence-corrected chi connectivity index (χ0v) is 15.2. The summed E-state index contributed by atoms with van der Waals surface area (Å²) in [7, 11) is -3.68. The molecule has 1 aromatic carbocycles. The van der Waals surface area contributed by atoms with E-state index >= 15 is 0 Å². The first-order chi connectivity index (χ1) is 11.5. The number of benzene rings is 1. The van der Waals surface area contributed by atoms with Gasteiger partial charge in [0, 0.05) is 13.1 Å². The minimum atomic E-state index is -3.68. The van der Waals surface area contributed by atoms with Crippen LogP contribution in [0, 0.1) is 0 Å². The second kappa shape index (κ2) is 7.55. The van der Waals surface area contributed by atoms with Gasteiger partial charge in [-0.05, 0) is 24.9 Å². The largest absolute Gasteiger partial charge is 0.332 e. The Morgan fingerprint density at radius 3 is 2.44 bits per heavy atom. The Balaban J connectivity index is 0.00000225. The van der Waals surface area contributed by atoms with E-state index in [-0.39, 0.29) is 41.8 Å². The minimum Gasteiger partial charge on any atom is -0.330 e. The fourth-order valence-electron chi connectivity index (χ4n) is 3.01. The first-order valence-electron chi connectivity index (χ1n) is 7.83. The van der Waals surface area contributed by atoms with Crippen LogP contribution in [-0.4, -0.2) is 29.8 Å². The van der Waals surface area contributed by atoms with Gasteiger partial charge in [-0.1, -0.05) is 30.3 Å². The molecule has 1 aromatic heterocycles. The molecule has 1 aliphatic rings. The molecule has 2 N–H and O–H groups in total. The Morgan fingerprint density at radius 1 is 1.12 bits per heavy atom. The second-order valence-corrected chi connectivity index (χ2v) is 7.78. The number of fused-ring (bicyclic) bond motifs is 1. The van der Waals surface area contributed by atoms with Crippen LogP contribution in [-0.2, 0) is 22.9 Å². The van der Waals surface area contributed by atoms with E-state index in [1.54, 1.807) is 30.3 Å². The fraction of sp³-hybridized carbons (Fsp3) is 0.375. The smallest absolute Gasteiger partial charge is 0.330 e. The molecule has 0 fully saturated rings. The van der Waals surface area contributed by atoms with Crippen molar-refractivity contribution in [3.8, 4) is 11.1 Å². The normalized spacial score (nSPS) is 15.2. The molecule has 0 radical (unpaired) electrons. The number of nitrogens with zero attached hydrogens (tertiary/aromatic N) is 2. The highest BCUT2D eigenvalue weighted by molar-refractivity contribution is 7.91. The standard InChI is InChI=1S/C16H19N3O4S.ClH/c17-8-4-9-18-14(20)13(12-6-2-1-3-7-12)15-19(16(18)21)10-5-11-24(15,22)23;/h1-3,6-7H,4-5,8-11,17H2;1H. The van der Waals surface area contributed by atoms with Gasteiger partial charge in [-0.3, -0.25) is 13.9 Å². The maximum Gasteiger partial charge on any atom is 0.332 e. The van der Waals surface area contributed by atoms with Crippen LogP contribution in [0.3, 0.4) is 0 Å². The van der Waals surface area contributed by atoms with E-state index in [9.17, 15) is 18.0 Å². The van der Waals surface area contributed by atoms with E-state index < -0.39 is 21.1 Å². The Morgan fingerprint density at radius 2 is 1.80 bits per heavy atom. The van der Waals surface area contributed by atoms with E-state index in [0.29, 0.717) is 24.9 Å². The average molecular weight is 386 g/mol.